The number of nitrogens with zero attached hydrogens (tertiary/aromatic N) is 4. The van der Waals surface area contributed by atoms with Gasteiger partial charge in [0.25, 0.3) is 5.69 Å². The number of nitrogens with one attached hydrogen (secondary N) is 1. The first-order chi connectivity index (χ1) is 9.92. The molecule has 0 atom stereocenters. The van der Waals surface area contributed by atoms with E-state index in [0.717, 1.165) is 5.56 Å². The molecule has 10 heteroatoms. The third-order valence-electron chi connectivity index (χ3n) is 2.74. The van der Waals surface area contributed by atoms with Gasteiger partial charge < -0.3 is 15.4 Å². The monoisotopic (exact) mass is 355 g/mol. The summed E-state index contributed by atoms with van der Waals surface area (Å²) in [5, 5.41) is 28.1. The maximum atomic E-state index is 10.8. The Labute approximate surface area is 127 Å². The quantitative estimate of drug-likeness (QED) is 0.650. The number of nitro benzene ring substituents is 1. The van der Waals surface area contributed by atoms with E-state index in [9.17, 15) is 20.2 Å². The van der Waals surface area contributed by atoms with Gasteiger partial charge in [-0.15, -0.1) is 0 Å². The standard InChI is InChI=1S/C11H10BrN5O4/c1-13-9-4-7(2-3-10(9)16(18)19)5-15-6-8(12)11(14-15)17(20)21/h2-4,6,13H,5H2,1H3. The van der Waals surface area contributed by atoms with E-state index in [-0.39, 0.29) is 22.5 Å². The zero-order chi connectivity index (χ0) is 15.6. The summed E-state index contributed by atoms with van der Waals surface area (Å²) in [6, 6.07) is 4.58. The molecule has 0 amide bonds. The van der Waals surface area contributed by atoms with Gasteiger partial charge in [0.05, 0.1) is 22.8 Å². The van der Waals surface area contributed by atoms with E-state index < -0.39 is 9.85 Å². The Balaban J connectivity index is 2.30. The molecule has 1 aromatic carbocycles. The maximum Gasteiger partial charge on any atom is 0.404 e. The molecule has 0 fully saturated rings. The summed E-state index contributed by atoms with van der Waals surface area (Å²) in [5.74, 6) is -0.272. The summed E-state index contributed by atoms with van der Waals surface area (Å²) in [5.41, 5.74) is 1.07. The average Bonchev–Trinajstić information content (AvgIpc) is 2.79. The Morgan fingerprint density at radius 3 is 2.57 bits per heavy atom. The minimum absolute atomic E-state index is 0.0334. The molecule has 0 radical (unpaired) electrons. The predicted octanol–water partition coefficient (Wildman–Crippen LogP) is 2.55. The molecule has 0 aliphatic heterocycles. The molecular weight excluding hydrogens is 346 g/mol. The largest absolute Gasteiger partial charge is 0.404 e. The molecule has 0 aliphatic carbocycles. The summed E-state index contributed by atoms with van der Waals surface area (Å²) in [7, 11) is 1.58. The van der Waals surface area contributed by atoms with E-state index in [4.69, 9.17) is 0 Å². The van der Waals surface area contributed by atoms with Crippen molar-refractivity contribution in [3.63, 3.8) is 0 Å². The molecule has 0 saturated heterocycles. The van der Waals surface area contributed by atoms with Crippen molar-refractivity contribution < 1.29 is 9.85 Å². The number of hydrogen-bond acceptors (Lipinski definition) is 6. The highest BCUT2D eigenvalue weighted by atomic mass is 79.9. The number of rotatable bonds is 5. The van der Waals surface area contributed by atoms with Gasteiger partial charge in [0.15, 0.2) is 0 Å². The molecule has 1 aromatic heterocycles. The van der Waals surface area contributed by atoms with Gasteiger partial charge >= 0.3 is 5.82 Å². The van der Waals surface area contributed by atoms with E-state index in [2.05, 4.69) is 26.3 Å². The van der Waals surface area contributed by atoms with Crippen LogP contribution in [0.5, 0.6) is 0 Å². The van der Waals surface area contributed by atoms with Crippen LogP contribution >= 0.6 is 15.9 Å². The number of nitro groups is 2. The predicted molar refractivity (Wildman–Crippen MR) is 78.3 cm³/mol. The molecule has 110 valence electrons. The zero-order valence-electron chi connectivity index (χ0n) is 10.8. The highest BCUT2D eigenvalue weighted by molar-refractivity contribution is 9.10. The highest BCUT2D eigenvalue weighted by Crippen LogP contribution is 2.26. The second kappa shape index (κ2) is 5.87. The number of halogens is 1. The average molecular weight is 356 g/mol. The molecule has 2 aromatic rings. The van der Waals surface area contributed by atoms with Crippen molar-refractivity contribution in [2.75, 3.05) is 12.4 Å². The van der Waals surface area contributed by atoms with Crippen molar-refractivity contribution in [1.29, 1.82) is 0 Å². The Bertz CT molecular complexity index is 715. The summed E-state index contributed by atoms with van der Waals surface area (Å²) in [6.45, 7) is 0.263. The van der Waals surface area contributed by atoms with Crippen molar-refractivity contribution in [3.8, 4) is 0 Å². The lowest BCUT2D eigenvalue weighted by Crippen LogP contribution is -2.03. The lowest BCUT2D eigenvalue weighted by atomic mass is 10.1. The third-order valence-corrected chi connectivity index (χ3v) is 3.30. The molecule has 9 nitrogen and oxygen atoms in total. The second-order valence-corrected chi connectivity index (χ2v) is 4.97. The van der Waals surface area contributed by atoms with Gasteiger partial charge in [-0.1, -0.05) is 6.07 Å². The zero-order valence-corrected chi connectivity index (χ0v) is 12.4. The van der Waals surface area contributed by atoms with Crippen molar-refractivity contribution in [2.24, 2.45) is 0 Å². The number of anilines is 1. The van der Waals surface area contributed by atoms with Crippen LogP contribution in [0.2, 0.25) is 0 Å². The van der Waals surface area contributed by atoms with Crippen molar-refractivity contribution in [3.05, 3.63) is 54.7 Å². The van der Waals surface area contributed by atoms with Crippen LogP contribution in [0.4, 0.5) is 17.2 Å². The van der Waals surface area contributed by atoms with Gasteiger partial charge in [0.2, 0.25) is 0 Å². The molecule has 0 bridgehead atoms. The van der Waals surface area contributed by atoms with Crippen molar-refractivity contribution in [2.45, 2.75) is 6.54 Å². The summed E-state index contributed by atoms with van der Waals surface area (Å²) < 4.78 is 1.67. The Hall–Kier alpha value is -2.49. The summed E-state index contributed by atoms with van der Waals surface area (Å²) in [6.07, 6.45) is 1.48. The first-order valence-corrected chi connectivity index (χ1v) is 6.54. The number of aromatic nitrogens is 2. The van der Waals surface area contributed by atoms with Crippen LogP contribution < -0.4 is 5.32 Å². The van der Waals surface area contributed by atoms with E-state index in [1.54, 1.807) is 19.2 Å². The lowest BCUT2D eigenvalue weighted by molar-refractivity contribution is -0.390. The first-order valence-electron chi connectivity index (χ1n) is 5.74. The molecule has 0 unspecified atom stereocenters. The summed E-state index contributed by atoms with van der Waals surface area (Å²) >= 11 is 3.06. The van der Waals surface area contributed by atoms with Gasteiger partial charge in [-0.3, -0.25) is 10.1 Å². The molecule has 0 aliphatic rings. The molecule has 1 N–H and O–H groups in total. The van der Waals surface area contributed by atoms with E-state index in [1.165, 1.54) is 16.9 Å². The number of benzene rings is 1. The molecule has 2 rings (SSSR count). The fourth-order valence-electron chi connectivity index (χ4n) is 1.82. The van der Waals surface area contributed by atoms with Crippen molar-refractivity contribution >= 4 is 33.1 Å². The van der Waals surface area contributed by atoms with E-state index in [0.29, 0.717) is 5.69 Å². The van der Waals surface area contributed by atoms with Crippen LogP contribution in [-0.4, -0.2) is 26.7 Å². The first kappa shape index (κ1) is 14.9. The van der Waals surface area contributed by atoms with Gasteiger partial charge in [-0.2, -0.15) is 4.68 Å². The normalized spacial score (nSPS) is 10.4. The topological polar surface area (TPSA) is 116 Å². The van der Waals surface area contributed by atoms with Crippen LogP contribution in [0.3, 0.4) is 0 Å². The Morgan fingerprint density at radius 1 is 1.33 bits per heavy atom. The van der Waals surface area contributed by atoms with Crippen LogP contribution in [0.1, 0.15) is 5.56 Å². The number of hydrogen-bond donors (Lipinski definition) is 1. The molecule has 0 saturated carbocycles. The lowest BCUT2D eigenvalue weighted by Gasteiger charge is -2.04. The van der Waals surface area contributed by atoms with Crippen LogP contribution in [-0.2, 0) is 6.54 Å². The fraction of sp³-hybridized carbons (Fsp3) is 0.182. The van der Waals surface area contributed by atoms with Gasteiger partial charge in [0, 0.05) is 13.1 Å². The molecule has 21 heavy (non-hydrogen) atoms. The maximum absolute atomic E-state index is 10.8. The Morgan fingerprint density at radius 2 is 2.05 bits per heavy atom. The van der Waals surface area contributed by atoms with Crippen LogP contribution in [0, 0.1) is 20.2 Å². The molecule has 0 spiro atoms. The minimum atomic E-state index is -0.588. The van der Waals surface area contributed by atoms with Crippen LogP contribution in [0.15, 0.2) is 28.9 Å². The van der Waals surface area contributed by atoms with Gasteiger partial charge in [-0.25, -0.2) is 0 Å². The third kappa shape index (κ3) is 3.16. The van der Waals surface area contributed by atoms with Crippen LogP contribution in [0.25, 0.3) is 0 Å². The van der Waals surface area contributed by atoms with E-state index in [1.807, 2.05) is 0 Å². The van der Waals surface area contributed by atoms with E-state index >= 15 is 0 Å². The highest BCUT2D eigenvalue weighted by Gasteiger charge is 2.19. The molecule has 1 heterocycles. The fourth-order valence-corrected chi connectivity index (χ4v) is 2.28. The SMILES string of the molecule is CNc1cc(Cn2cc(Br)c([N+](=O)[O-])n2)ccc1[N+](=O)[O-]. The second-order valence-electron chi connectivity index (χ2n) is 4.11. The minimum Gasteiger partial charge on any atom is -0.383 e. The Kier molecular flexibility index (Phi) is 4.17. The van der Waals surface area contributed by atoms with Crippen molar-refractivity contribution in [1.82, 2.24) is 9.78 Å². The smallest absolute Gasteiger partial charge is 0.383 e. The van der Waals surface area contributed by atoms with Gasteiger partial charge in [-0.05, 0) is 32.5 Å². The molecular formula is C11H10BrN5O4. The summed E-state index contributed by atoms with van der Waals surface area (Å²) in [4.78, 5) is 20.5. The van der Waals surface area contributed by atoms with Gasteiger partial charge in [0.1, 0.15) is 10.2 Å².